The zero-order chi connectivity index (χ0) is 15.1. The Kier molecular flexibility index (Phi) is 6.28. The third-order valence-electron chi connectivity index (χ3n) is 3.02. The van der Waals surface area contributed by atoms with Crippen molar-refractivity contribution in [1.82, 2.24) is 0 Å². The number of rotatable bonds is 7. The van der Waals surface area contributed by atoms with Crippen LogP contribution in [0.3, 0.4) is 0 Å². The summed E-state index contributed by atoms with van der Waals surface area (Å²) in [5.41, 5.74) is 0.220. The maximum atomic E-state index is 13.1. The fraction of sp³-hybridized carbons (Fsp3) is 0.467. The van der Waals surface area contributed by atoms with Gasteiger partial charge in [-0.15, -0.1) is 0 Å². The van der Waals surface area contributed by atoms with Crippen molar-refractivity contribution in [3.8, 4) is 0 Å². The third-order valence-corrected chi connectivity index (χ3v) is 3.02. The van der Waals surface area contributed by atoms with Gasteiger partial charge in [-0.1, -0.05) is 19.8 Å². The first-order valence-electron chi connectivity index (χ1n) is 6.53. The van der Waals surface area contributed by atoms with Crippen molar-refractivity contribution >= 4 is 11.8 Å². The zero-order valence-electron chi connectivity index (χ0n) is 11.6. The lowest BCUT2D eigenvalue weighted by Crippen LogP contribution is -2.26. The summed E-state index contributed by atoms with van der Waals surface area (Å²) in [6.07, 6.45) is 1.76. The fourth-order valence-corrected chi connectivity index (χ4v) is 2.00. The monoisotopic (exact) mass is 284 g/mol. The average molecular weight is 284 g/mol. The Labute approximate surface area is 116 Å². The van der Waals surface area contributed by atoms with E-state index in [0.717, 1.165) is 24.6 Å². The minimum absolute atomic E-state index is 0.182. The number of ether oxygens (including phenoxy) is 1. The van der Waals surface area contributed by atoms with Gasteiger partial charge in [0.05, 0.1) is 7.11 Å². The molecular weight excluding hydrogens is 266 g/mol. The van der Waals surface area contributed by atoms with E-state index in [9.17, 15) is 18.4 Å². The standard InChI is InChI=1S/C15H18F2O3/c1-3-4-5-13(15(19)20-2)14(18)8-10-6-11(16)9-12(17)7-10/h6-7,9,13H,3-5,8H2,1-2H3. The smallest absolute Gasteiger partial charge is 0.316 e. The molecule has 20 heavy (non-hydrogen) atoms. The first-order chi connectivity index (χ1) is 9.47. The van der Waals surface area contributed by atoms with Gasteiger partial charge >= 0.3 is 5.97 Å². The predicted octanol–water partition coefficient (Wildman–Crippen LogP) is 3.06. The maximum Gasteiger partial charge on any atom is 0.316 e. The minimum Gasteiger partial charge on any atom is -0.468 e. The van der Waals surface area contributed by atoms with Crippen molar-refractivity contribution in [3.63, 3.8) is 0 Å². The molecule has 0 aliphatic carbocycles. The summed E-state index contributed by atoms with van der Waals surface area (Å²) in [4.78, 5) is 23.7. The molecule has 0 bridgehead atoms. The number of methoxy groups -OCH3 is 1. The van der Waals surface area contributed by atoms with Crippen LogP contribution in [0.1, 0.15) is 31.7 Å². The highest BCUT2D eigenvalue weighted by Gasteiger charge is 2.26. The van der Waals surface area contributed by atoms with Crippen LogP contribution < -0.4 is 0 Å². The van der Waals surface area contributed by atoms with Crippen LogP contribution in [0.25, 0.3) is 0 Å². The van der Waals surface area contributed by atoms with E-state index < -0.39 is 23.5 Å². The summed E-state index contributed by atoms with van der Waals surface area (Å²) >= 11 is 0. The lowest BCUT2D eigenvalue weighted by atomic mass is 9.93. The number of carbonyl (C=O) groups excluding carboxylic acids is 2. The highest BCUT2D eigenvalue weighted by Crippen LogP contribution is 2.16. The molecule has 1 atom stereocenters. The second-order valence-corrected chi connectivity index (χ2v) is 4.64. The highest BCUT2D eigenvalue weighted by atomic mass is 19.1. The lowest BCUT2D eigenvalue weighted by molar-refractivity contribution is -0.149. The van der Waals surface area contributed by atoms with Gasteiger partial charge in [0.25, 0.3) is 0 Å². The van der Waals surface area contributed by atoms with Crippen molar-refractivity contribution in [3.05, 3.63) is 35.4 Å². The summed E-state index contributed by atoms with van der Waals surface area (Å²) < 4.78 is 30.7. The van der Waals surface area contributed by atoms with Gasteiger partial charge in [-0.3, -0.25) is 9.59 Å². The Morgan fingerprint density at radius 1 is 1.20 bits per heavy atom. The van der Waals surface area contributed by atoms with Gasteiger partial charge in [0.2, 0.25) is 0 Å². The summed E-state index contributed by atoms with van der Waals surface area (Å²) in [7, 11) is 1.22. The number of unbranched alkanes of at least 4 members (excludes halogenated alkanes) is 1. The van der Waals surface area contributed by atoms with Gasteiger partial charge in [-0.2, -0.15) is 0 Å². The summed E-state index contributed by atoms with van der Waals surface area (Å²) in [5.74, 6) is -3.33. The quantitative estimate of drug-likeness (QED) is 0.571. The molecule has 0 heterocycles. The molecule has 0 aromatic heterocycles. The molecule has 0 radical (unpaired) electrons. The van der Waals surface area contributed by atoms with Crippen LogP contribution in [0.4, 0.5) is 8.78 Å². The van der Waals surface area contributed by atoms with Crippen LogP contribution in [0.5, 0.6) is 0 Å². The van der Waals surface area contributed by atoms with Crippen LogP contribution in [0, 0.1) is 17.6 Å². The van der Waals surface area contributed by atoms with Crippen LogP contribution in [-0.4, -0.2) is 18.9 Å². The van der Waals surface area contributed by atoms with Crippen molar-refractivity contribution in [2.45, 2.75) is 32.6 Å². The maximum absolute atomic E-state index is 13.1. The van der Waals surface area contributed by atoms with Crippen LogP contribution in [0.15, 0.2) is 18.2 Å². The van der Waals surface area contributed by atoms with Gasteiger partial charge in [-0.25, -0.2) is 8.78 Å². The zero-order valence-corrected chi connectivity index (χ0v) is 11.6. The number of hydrogen-bond donors (Lipinski definition) is 0. The van der Waals surface area contributed by atoms with Gasteiger partial charge in [0.15, 0.2) is 5.78 Å². The Morgan fingerprint density at radius 2 is 1.80 bits per heavy atom. The number of hydrogen-bond acceptors (Lipinski definition) is 3. The molecule has 5 heteroatoms. The molecule has 0 spiro atoms. The lowest BCUT2D eigenvalue weighted by Gasteiger charge is -2.13. The third kappa shape index (κ3) is 4.72. The Balaban J connectivity index is 2.81. The van der Waals surface area contributed by atoms with Crippen LogP contribution >= 0.6 is 0 Å². The molecule has 0 N–H and O–H groups in total. The first-order valence-corrected chi connectivity index (χ1v) is 6.53. The van der Waals surface area contributed by atoms with Crippen molar-refractivity contribution in [2.75, 3.05) is 7.11 Å². The first kappa shape index (κ1) is 16.3. The Bertz CT molecular complexity index is 466. The molecular formula is C15H18F2O3. The topological polar surface area (TPSA) is 43.4 Å². The molecule has 0 saturated heterocycles. The van der Waals surface area contributed by atoms with E-state index in [1.165, 1.54) is 7.11 Å². The molecule has 0 amide bonds. The molecule has 110 valence electrons. The predicted molar refractivity (Wildman–Crippen MR) is 70.1 cm³/mol. The van der Waals surface area contributed by atoms with Crippen molar-refractivity contribution in [1.29, 1.82) is 0 Å². The van der Waals surface area contributed by atoms with Gasteiger partial charge in [0.1, 0.15) is 17.6 Å². The Morgan fingerprint density at radius 3 is 2.30 bits per heavy atom. The van der Waals surface area contributed by atoms with Gasteiger partial charge < -0.3 is 4.74 Å². The average Bonchev–Trinajstić information content (AvgIpc) is 2.37. The minimum atomic E-state index is -0.869. The highest BCUT2D eigenvalue weighted by molar-refractivity contribution is 5.99. The largest absolute Gasteiger partial charge is 0.468 e. The van der Waals surface area contributed by atoms with E-state index in [2.05, 4.69) is 4.74 Å². The van der Waals surface area contributed by atoms with Gasteiger partial charge in [0, 0.05) is 12.5 Å². The van der Waals surface area contributed by atoms with E-state index in [1.807, 2.05) is 6.92 Å². The van der Waals surface area contributed by atoms with Crippen molar-refractivity contribution in [2.24, 2.45) is 5.92 Å². The van der Waals surface area contributed by atoms with Crippen molar-refractivity contribution < 1.29 is 23.1 Å². The number of ketones is 1. The van der Waals surface area contributed by atoms with E-state index >= 15 is 0 Å². The van der Waals surface area contributed by atoms with Gasteiger partial charge in [-0.05, 0) is 24.1 Å². The van der Waals surface area contributed by atoms with Crippen LogP contribution in [0.2, 0.25) is 0 Å². The van der Waals surface area contributed by atoms with Crippen LogP contribution in [-0.2, 0) is 20.7 Å². The SMILES string of the molecule is CCCCC(C(=O)Cc1cc(F)cc(F)c1)C(=O)OC. The fourth-order valence-electron chi connectivity index (χ4n) is 2.00. The molecule has 1 rings (SSSR count). The number of Topliss-reactive ketones (excluding diaryl/α,β-unsaturated/α-hetero) is 1. The number of halogens is 2. The summed E-state index contributed by atoms with van der Waals surface area (Å²) in [6, 6.07) is 2.92. The van der Waals surface area contributed by atoms with E-state index in [4.69, 9.17) is 0 Å². The second-order valence-electron chi connectivity index (χ2n) is 4.64. The molecule has 1 aromatic rings. The number of carbonyl (C=O) groups is 2. The molecule has 0 aliphatic rings. The molecule has 3 nitrogen and oxygen atoms in total. The number of benzene rings is 1. The Hall–Kier alpha value is -1.78. The van der Waals surface area contributed by atoms with E-state index in [0.29, 0.717) is 12.8 Å². The molecule has 1 unspecified atom stereocenters. The number of esters is 1. The molecule has 0 saturated carbocycles. The summed E-state index contributed by atoms with van der Waals surface area (Å²) in [5, 5.41) is 0. The normalized spacial score (nSPS) is 12.0. The van der Waals surface area contributed by atoms with E-state index in [-0.39, 0.29) is 17.8 Å². The molecule has 0 aliphatic heterocycles. The summed E-state index contributed by atoms with van der Waals surface area (Å²) in [6.45, 7) is 1.95. The molecule has 1 aromatic carbocycles. The van der Waals surface area contributed by atoms with E-state index in [1.54, 1.807) is 0 Å². The molecule has 0 fully saturated rings. The second kappa shape index (κ2) is 7.72.